The second-order valence-electron chi connectivity index (χ2n) is 11.3. The van der Waals surface area contributed by atoms with Crippen LogP contribution in [0.2, 0.25) is 10.0 Å². The summed E-state index contributed by atoms with van der Waals surface area (Å²) in [6.45, 7) is 6.02. The third kappa shape index (κ3) is 8.43. The van der Waals surface area contributed by atoms with E-state index in [-0.39, 0.29) is 42.5 Å². The summed E-state index contributed by atoms with van der Waals surface area (Å²) in [6.07, 6.45) is 6.12. The SMILES string of the molecule is Cl.O=C(N[C@H](Cc1ccc(Cl)cc1Cl)C(=O)N1CCC(c2ccc(F)cc2OCCN2CCCC2)CC1)N1CCCC1. The first-order valence-corrected chi connectivity index (χ1v) is 15.6. The number of piperidine rings is 1. The Morgan fingerprint density at radius 2 is 1.62 bits per heavy atom. The highest BCUT2D eigenvalue weighted by Gasteiger charge is 2.32. The average molecular weight is 642 g/mol. The van der Waals surface area contributed by atoms with Crippen molar-refractivity contribution in [3.8, 4) is 5.75 Å². The van der Waals surface area contributed by atoms with Crippen LogP contribution in [0, 0.1) is 5.82 Å². The Balaban J connectivity index is 0.00000405. The predicted molar refractivity (Wildman–Crippen MR) is 167 cm³/mol. The largest absolute Gasteiger partial charge is 0.492 e. The Bertz CT molecular complexity index is 1220. The molecule has 5 rings (SSSR count). The molecule has 0 aromatic heterocycles. The maximum atomic E-state index is 14.1. The molecule has 3 saturated heterocycles. The van der Waals surface area contributed by atoms with Gasteiger partial charge in [0.15, 0.2) is 0 Å². The molecule has 3 aliphatic rings. The predicted octanol–water partition coefficient (Wildman–Crippen LogP) is 6.15. The summed E-state index contributed by atoms with van der Waals surface area (Å²) < 4.78 is 20.2. The number of hydrogen-bond donors (Lipinski definition) is 1. The van der Waals surface area contributed by atoms with E-state index in [1.807, 2.05) is 11.0 Å². The minimum Gasteiger partial charge on any atom is -0.492 e. The van der Waals surface area contributed by atoms with Crippen LogP contribution in [0.15, 0.2) is 36.4 Å². The number of carbonyl (C=O) groups excluding carboxylic acids is 2. The fourth-order valence-corrected chi connectivity index (χ4v) is 6.65. The summed E-state index contributed by atoms with van der Waals surface area (Å²) >= 11 is 12.5. The molecular formula is C31H40Cl3FN4O3. The summed E-state index contributed by atoms with van der Waals surface area (Å²) in [6, 6.07) is 9.03. The summed E-state index contributed by atoms with van der Waals surface area (Å²) in [5.41, 5.74) is 1.75. The number of rotatable bonds is 9. The van der Waals surface area contributed by atoms with E-state index in [1.165, 1.54) is 25.0 Å². The first-order valence-electron chi connectivity index (χ1n) is 14.8. The lowest BCUT2D eigenvalue weighted by Crippen LogP contribution is -2.54. The van der Waals surface area contributed by atoms with Gasteiger partial charge in [0.05, 0.1) is 0 Å². The maximum Gasteiger partial charge on any atom is 0.318 e. The van der Waals surface area contributed by atoms with Crippen molar-refractivity contribution in [1.29, 1.82) is 0 Å². The van der Waals surface area contributed by atoms with Crippen LogP contribution in [-0.4, -0.2) is 85.1 Å². The van der Waals surface area contributed by atoms with E-state index in [0.717, 1.165) is 56.4 Å². The Morgan fingerprint density at radius 3 is 2.31 bits per heavy atom. The highest BCUT2D eigenvalue weighted by Crippen LogP contribution is 2.35. The van der Waals surface area contributed by atoms with E-state index in [1.54, 1.807) is 23.1 Å². The van der Waals surface area contributed by atoms with Gasteiger partial charge in [-0.2, -0.15) is 0 Å². The normalized spacial score (nSPS) is 18.5. The van der Waals surface area contributed by atoms with Crippen molar-refractivity contribution in [2.45, 2.75) is 56.9 Å². The van der Waals surface area contributed by atoms with Crippen molar-refractivity contribution in [2.75, 3.05) is 52.4 Å². The monoisotopic (exact) mass is 640 g/mol. The van der Waals surface area contributed by atoms with Crippen LogP contribution in [0.5, 0.6) is 5.75 Å². The number of ether oxygens (including phenoxy) is 1. The number of benzene rings is 2. The Morgan fingerprint density at radius 1 is 0.929 bits per heavy atom. The molecule has 0 aliphatic carbocycles. The average Bonchev–Trinajstić information content (AvgIpc) is 3.69. The summed E-state index contributed by atoms with van der Waals surface area (Å²) in [4.78, 5) is 32.7. The lowest BCUT2D eigenvalue weighted by Gasteiger charge is -2.35. The third-order valence-corrected chi connectivity index (χ3v) is 9.10. The van der Waals surface area contributed by atoms with Crippen LogP contribution < -0.4 is 10.1 Å². The molecule has 0 spiro atoms. The minimum absolute atomic E-state index is 0. The van der Waals surface area contributed by atoms with Gasteiger partial charge in [0, 0.05) is 55.3 Å². The molecule has 0 bridgehead atoms. The molecule has 7 nitrogen and oxygen atoms in total. The number of amides is 3. The molecule has 1 N–H and O–H groups in total. The number of nitrogens with one attached hydrogen (secondary N) is 1. The lowest BCUT2D eigenvalue weighted by atomic mass is 9.88. The van der Waals surface area contributed by atoms with Crippen LogP contribution in [0.3, 0.4) is 0 Å². The van der Waals surface area contributed by atoms with Gasteiger partial charge < -0.3 is 19.9 Å². The van der Waals surface area contributed by atoms with Gasteiger partial charge >= 0.3 is 6.03 Å². The zero-order valence-electron chi connectivity index (χ0n) is 23.8. The molecule has 3 amide bonds. The van der Waals surface area contributed by atoms with Gasteiger partial charge in [-0.05, 0) is 86.9 Å². The first-order chi connectivity index (χ1) is 19.9. The number of hydrogen-bond acceptors (Lipinski definition) is 4. The standard InChI is InChI=1S/C31H39Cl2FN4O3.ClH/c32-24-6-5-23(27(33)20-24)19-28(35-31(40)38-13-3-4-14-38)30(39)37-15-9-22(10-16-37)26-8-7-25(34)21-29(26)41-18-17-36-11-1-2-12-36;/h5-8,20-22,28H,1-4,9-19H2,(H,35,40);1H/t28-;/m1./s1. The summed E-state index contributed by atoms with van der Waals surface area (Å²) in [5.74, 6) is 0.324. The van der Waals surface area contributed by atoms with Gasteiger partial charge in [0.2, 0.25) is 5.91 Å². The number of likely N-dealkylation sites (tertiary alicyclic amines) is 3. The maximum absolute atomic E-state index is 14.1. The Labute approximate surface area is 264 Å². The molecule has 11 heteroatoms. The molecule has 3 fully saturated rings. The quantitative estimate of drug-likeness (QED) is 0.357. The van der Waals surface area contributed by atoms with Crippen molar-refractivity contribution in [2.24, 2.45) is 0 Å². The van der Waals surface area contributed by atoms with Crippen molar-refractivity contribution >= 4 is 47.5 Å². The summed E-state index contributed by atoms with van der Waals surface area (Å²) in [5, 5.41) is 3.98. The molecule has 230 valence electrons. The number of halogens is 4. The van der Waals surface area contributed by atoms with Crippen molar-refractivity contribution in [3.05, 3.63) is 63.4 Å². The van der Waals surface area contributed by atoms with Crippen LogP contribution in [0.25, 0.3) is 0 Å². The molecule has 42 heavy (non-hydrogen) atoms. The Hall–Kier alpha value is -2.26. The molecule has 3 heterocycles. The second-order valence-corrected chi connectivity index (χ2v) is 12.2. The van der Waals surface area contributed by atoms with Gasteiger partial charge in [-0.15, -0.1) is 12.4 Å². The number of urea groups is 1. The number of carbonyl (C=O) groups is 2. The van der Waals surface area contributed by atoms with Crippen LogP contribution in [0.4, 0.5) is 9.18 Å². The smallest absolute Gasteiger partial charge is 0.318 e. The number of nitrogens with zero attached hydrogens (tertiary/aromatic N) is 3. The van der Waals surface area contributed by atoms with Gasteiger partial charge in [0.1, 0.15) is 24.2 Å². The topological polar surface area (TPSA) is 65.1 Å². The third-order valence-electron chi connectivity index (χ3n) is 8.51. The van der Waals surface area contributed by atoms with E-state index in [2.05, 4.69) is 10.2 Å². The van der Waals surface area contributed by atoms with Gasteiger partial charge in [-0.3, -0.25) is 9.69 Å². The van der Waals surface area contributed by atoms with E-state index < -0.39 is 6.04 Å². The highest BCUT2D eigenvalue weighted by molar-refractivity contribution is 6.35. The van der Waals surface area contributed by atoms with E-state index in [4.69, 9.17) is 27.9 Å². The minimum atomic E-state index is -0.742. The van der Waals surface area contributed by atoms with Crippen molar-refractivity contribution in [3.63, 3.8) is 0 Å². The highest BCUT2D eigenvalue weighted by atomic mass is 35.5. The fourth-order valence-electron chi connectivity index (χ4n) is 6.16. The van der Waals surface area contributed by atoms with Crippen LogP contribution in [0.1, 0.15) is 55.6 Å². The van der Waals surface area contributed by atoms with E-state index in [0.29, 0.717) is 48.6 Å². The molecule has 0 saturated carbocycles. The fraction of sp³-hybridized carbons (Fsp3) is 0.548. The first kappa shape index (κ1) is 32.6. The van der Waals surface area contributed by atoms with Crippen molar-refractivity contribution < 1.29 is 18.7 Å². The molecule has 0 radical (unpaired) electrons. The zero-order chi connectivity index (χ0) is 28.8. The molecule has 3 aliphatic heterocycles. The van der Waals surface area contributed by atoms with Gasteiger partial charge in [-0.1, -0.05) is 35.3 Å². The van der Waals surface area contributed by atoms with Crippen LogP contribution in [-0.2, 0) is 11.2 Å². The van der Waals surface area contributed by atoms with E-state index in [9.17, 15) is 14.0 Å². The molecule has 2 aromatic carbocycles. The Kier molecular flexibility index (Phi) is 12.0. The van der Waals surface area contributed by atoms with Crippen molar-refractivity contribution in [1.82, 2.24) is 20.0 Å². The van der Waals surface area contributed by atoms with E-state index >= 15 is 0 Å². The lowest BCUT2D eigenvalue weighted by molar-refractivity contribution is -0.134. The summed E-state index contributed by atoms with van der Waals surface area (Å²) in [7, 11) is 0. The molecule has 2 aromatic rings. The zero-order valence-corrected chi connectivity index (χ0v) is 26.2. The molecule has 0 unspecified atom stereocenters. The second kappa shape index (κ2) is 15.5. The molecule has 1 atom stereocenters. The van der Waals surface area contributed by atoms with Gasteiger partial charge in [0.25, 0.3) is 0 Å². The van der Waals surface area contributed by atoms with Crippen LogP contribution >= 0.6 is 35.6 Å². The molecular weight excluding hydrogens is 602 g/mol. The van der Waals surface area contributed by atoms with Gasteiger partial charge in [-0.25, -0.2) is 9.18 Å².